The molecule has 0 aliphatic heterocycles. The Labute approximate surface area is 107 Å². The van der Waals surface area contributed by atoms with Gasteiger partial charge in [0.25, 0.3) is 0 Å². The molecule has 0 nitrogen and oxygen atoms in total. The van der Waals surface area contributed by atoms with Crippen LogP contribution < -0.4 is 0 Å². The Morgan fingerprint density at radius 1 is 0.875 bits per heavy atom. The van der Waals surface area contributed by atoms with Gasteiger partial charge in [-0.2, -0.15) is 0 Å². The van der Waals surface area contributed by atoms with E-state index in [1.165, 1.54) is 22.3 Å². The largest absolute Gasteiger partial charge is 0.0885 e. The van der Waals surface area contributed by atoms with Crippen molar-refractivity contribution in [2.24, 2.45) is 0 Å². The van der Waals surface area contributed by atoms with Gasteiger partial charge in [0, 0.05) is 22.9 Å². The van der Waals surface area contributed by atoms with Crippen LogP contribution in [0, 0.1) is 0 Å². The standard InChI is InChI=1S/C14H16Cl2/c1-9-3-7-13(15)11(9)5-6-12-10(2)4-8-14(12)16/h3-4H,5-8H2,1-2H3. The number of halogens is 2. The Morgan fingerprint density at radius 2 is 1.25 bits per heavy atom. The summed E-state index contributed by atoms with van der Waals surface area (Å²) in [7, 11) is 0. The lowest BCUT2D eigenvalue weighted by Gasteiger charge is -2.08. The SMILES string of the molecule is CC1=CCC(Cl)=C1CCC1=C(Cl)CC=C1C. The van der Waals surface area contributed by atoms with Crippen LogP contribution in [0.5, 0.6) is 0 Å². The number of allylic oxidation sites excluding steroid dienone is 8. The summed E-state index contributed by atoms with van der Waals surface area (Å²) in [6.45, 7) is 4.27. The molecule has 0 saturated heterocycles. The highest BCUT2D eigenvalue weighted by Crippen LogP contribution is 2.37. The van der Waals surface area contributed by atoms with E-state index < -0.39 is 0 Å². The monoisotopic (exact) mass is 254 g/mol. The van der Waals surface area contributed by atoms with Crippen LogP contribution in [0.4, 0.5) is 0 Å². The van der Waals surface area contributed by atoms with Crippen molar-refractivity contribution in [3.63, 3.8) is 0 Å². The second kappa shape index (κ2) is 4.81. The molecular weight excluding hydrogens is 239 g/mol. The van der Waals surface area contributed by atoms with Gasteiger partial charge in [0.1, 0.15) is 0 Å². The maximum atomic E-state index is 6.20. The quantitative estimate of drug-likeness (QED) is 0.628. The molecule has 0 spiro atoms. The molecule has 0 N–H and O–H groups in total. The summed E-state index contributed by atoms with van der Waals surface area (Å²) in [5, 5.41) is 2.02. The molecule has 0 aromatic heterocycles. The minimum absolute atomic E-state index is 0.907. The van der Waals surface area contributed by atoms with Crippen LogP contribution in [0.25, 0.3) is 0 Å². The van der Waals surface area contributed by atoms with Gasteiger partial charge in [0.15, 0.2) is 0 Å². The molecular formula is C14H16Cl2. The van der Waals surface area contributed by atoms with E-state index >= 15 is 0 Å². The molecule has 0 unspecified atom stereocenters. The predicted molar refractivity (Wildman–Crippen MR) is 71.7 cm³/mol. The first kappa shape index (κ1) is 12.0. The zero-order valence-corrected chi connectivity index (χ0v) is 11.3. The molecule has 0 fully saturated rings. The summed E-state index contributed by atoms with van der Waals surface area (Å²) in [6, 6.07) is 0. The average molecular weight is 255 g/mol. The van der Waals surface area contributed by atoms with Gasteiger partial charge in [0.05, 0.1) is 0 Å². The lowest BCUT2D eigenvalue weighted by Crippen LogP contribution is -1.90. The Bertz CT molecular complexity index is 392. The molecule has 0 saturated carbocycles. The van der Waals surface area contributed by atoms with Gasteiger partial charge in [-0.15, -0.1) is 0 Å². The third kappa shape index (κ3) is 2.28. The van der Waals surface area contributed by atoms with E-state index in [2.05, 4.69) is 26.0 Å². The Balaban J connectivity index is 2.04. The summed E-state index contributed by atoms with van der Waals surface area (Å²) < 4.78 is 0. The molecule has 0 aromatic rings. The van der Waals surface area contributed by atoms with E-state index in [1.54, 1.807) is 0 Å². The fourth-order valence-electron chi connectivity index (χ4n) is 2.32. The van der Waals surface area contributed by atoms with Crippen molar-refractivity contribution in [3.8, 4) is 0 Å². The second-order valence-electron chi connectivity index (χ2n) is 4.45. The number of hydrogen-bond acceptors (Lipinski definition) is 0. The van der Waals surface area contributed by atoms with E-state index in [9.17, 15) is 0 Å². The summed E-state index contributed by atoms with van der Waals surface area (Å²) >= 11 is 12.4. The van der Waals surface area contributed by atoms with Crippen molar-refractivity contribution in [1.82, 2.24) is 0 Å². The predicted octanol–water partition coefficient (Wildman–Crippen LogP) is 5.45. The number of hydrogen-bond donors (Lipinski definition) is 0. The normalized spacial score (nSPS) is 20.8. The smallest absolute Gasteiger partial charge is 0.0253 e. The van der Waals surface area contributed by atoms with Crippen molar-refractivity contribution < 1.29 is 0 Å². The lowest BCUT2D eigenvalue weighted by atomic mass is 9.99. The maximum Gasteiger partial charge on any atom is 0.0253 e. The molecule has 0 atom stereocenters. The van der Waals surface area contributed by atoms with Crippen LogP contribution in [-0.2, 0) is 0 Å². The summed E-state index contributed by atoms with van der Waals surface area (Å²) in [6.07, 6.45) is 8.24. The van der Waals surface area contributed by atoms with Gasteiger partial charge in [-0.3, -0.25) is 0 Å². The van der Waals surface area contributed by atoms with E-state index in [0.717, 1.165) is 35.7 Å². The average Bonchev–Trinajstić information content (AvgIpc) is 2.72. The van der Waals surface area contributed by atoms with E-state index in [4.69, 9.17) is 23.2 Å². The van der Waals surface area contributed by atoms with Gasteiger partial charge < -0.3 is 0 Å². The van der Waals surface area contributed by atoms with Crippen molar-refractivity contribution in [2.75, 3.05) is 0 Å². The second-order valence-corrected chi connectivity index (χ2v) is 5.36. The molecule has 0 heterocycles. The summed E-state index contributed by atoms with van der Waals surface area (Å²) in [5.41, 5.74) is 5.30. The molecule has 16 heavy (non-hydrogen) atoms. The highest BCUT2D eigenvalue weighted by Gasteiger charge is 2.16. The highest BCUT2D eigenvalue weighted by molar-refractivity contribution is 6.31. The zero-order valence-electron chi connectivity index (χ0n) is 9.74. The van der Waals surface area contributed by atoms with Crippen LogP contribution in [-0.4, -0.2) is 0 Å². The lowest BCUT2D eigenvalue weighted by molar-refractivity contribution is 0.937. The summed E-state index contributed by atoms with van der Waals surface area (Å²) in [4.78, 5) is 0. The third-order valence-electron chi connectivity index (χ3n) is 3.41. The zero-order chi connectivity index (χ0) is 11.7. The van der Waals surface area contributed by atoms with Crippen molar-refractivity contribution in [3.05, 3.63) is 44.5 Å². The van der Waals surface area contributed by atoms with Crippen LogP contribution in [0.15, 0.2) is 44.5 Å². The van der Waals surface area contributed by atoms with E-state index in [0.29, 0.717) is 0 Å². The topological polar surface area (TPSA) is 0 Å². The molecule has 0 bridgehead atoms. The van der Waals surface area contributed by atoms with Crippen molar-refractivity contribution >= 4 is 23.2 Å². The minimum atomic E-state index is 0.907. The van der Waals surface area contributed by atoms with Crippen molar-refractivity contribution in [1.29, 1.82) is 0 Å². The van der Waals surface area contributed by atoms with Crippen LogP contribution in [0.1, 0.15) is 39.5 Å². The molecule has 86 valence electrons. The van der Waals surface area contributed by atoms with Crippen LogP contribution >= 0.6 is 23.2 Å². The van der Waals surface area contributed by atoms with E-state index in [1.807, 2.05) is 0 Å². The van der Waals surface area contributed by atoms with Gasteiger partial charge in [-0.25, -0.2) is 0 Å². The molecule has 0 aromatic carbocycles. The Hall–Kier alpha value is -0.460. The molecule has 0 radical (unpaired) electrons. The molecule has 2 rings (SSSR count). The van der Waals surface area contributed by atoms with Gasteiger partial charge in [-0.1, -0.05) is 46.5 Å². The third-order valence-corrected chi connectivity index (χ3v) is 4.17. The van der Waals surface area contributed by atoms with Crippen LogP contribution in [0.3, 0.4) is 0 Å². The molecule has 2 heteroatoms. The Kier molecular flexibility index (Phi) is 3.61. The molecule has 2 aliphatic carbocycles. The number of rotatable bonds is 3. The molecule has 0 amide bonds. The fourth-order valence-corrected chi connectivity index (χ4v) is 2.96. The van der Waals surface area contributed by atoms with Gasteiger partial charge in [-0.05, 0) is 37.8 Å². The van der Waals surface area contributed by atoms with Gasteiger partial charge in [0.2, 0.25) is 0 Å². The van der Waals surface area contributed by atoms with E-state index in [-0.39, 0.29) is 0 Å². The first-order valence-electron chi connectivity index (χ1n) is 5.69. The highest BCUT2D eigenvalue weighted by atomic mass is 35.5. The molecule has 2 aliphatic rings. The van der Waals surface area contributed by atoms with Crippen molar-refractivity contribution in [2.45, 2.75) is 39.5 Å². The summed E-state index contributed by atoms with van der Waals surface area (Å²) in [5.74, 6) is 0. The maximum absolute atomic E-state index is 6.20. The first-order valence-corrected chi connectivity index (χ1v) is 6.44. The van der Waals surface area contributed by atoms with Crippen LogP contribution in [0.2, 0.25) is 0 Å². The fraction of sp³-hybridized carbons (Fsp3) is 0.429. The van der Waals surface area contributed by atoms with Gasteiger partial charge >= 0.3 is 0 Å². The first-order chi connectivity index (χ1) is 7.59. The minimum Gasteiger partial charge on any atom is -0.0885 e. The Morgan fingerprint density at radius 3 is 1.50 bits per heavy atom.